The van der Waals surface area contributed by atoms with Crippen LogP contribution in [-0.4, -0.2) is 34.4 Å². The lowest BCUT2D eigenvalue weighted by Crippen LogP contribution is -2.47. The van der Waals surface area contributed by atoms with Crippen molar-refractivity contribution in [1.29, 1.82) is 0 Å². The van der Waals surface area contributed by atoms with E-state index in [0.29, 0.717) is 11.7 Å². The van der Waals surface area contributed by atoms with Crippen LogP contribution in [0, 0.1) is 0 Å². The van der Waals surface area contributed by atoms with Crippen LogP contribution in [0.2, 0.25) is 0 Å². The molecular weight excluding hydrogens is 281 g/mol. The van der Waals surface area contributed by atoms with Crippen molar-refractivity contribution >= 4 is 22.4 Å². The summed E-state index contributed by atoms with van der Waals surface area (Å²) in [5.41, 5.74) is -2.06. The van der Waals surface area contributed by atoms with Crippen LogP contribution in [0.1, 0.15) is 36.0 Å². The van der Waals surface area contributed by atoms with Crippen molar-refractivity contribution in [2.24, 2.45) is 0 Å². The van der Waals surface area contributed by atoms with Crippen LogP contribution in [0.5, 0.6) is 0 Å². The SMILES string of the molecule is CCCNc1nnc(C(=O)NC2(C(F)(F)F)CC2)s1. The summed E-state index contributed by atoms with van der Waals surface area (Å²) in [5.74, 6) is -0.822. The van der Waals surface area contributed by atoms with Gasteiger partial charge in [-0.15, -0.1) is 10.2 Å². The molecule has 0 aliphatic heterocycles. The first kappa shape index (κ1) is 14.0. The maximum absolute atomic E-state index is 12.7. The van der Waals surface area contributed by atoms with E-state index in [0.717, 1.165) is 17.8 Å². The average Bonchev–Trinajstić information content (AvgIpc) is 2.97. The molecule has 0 spiro atoms. The molecule has 0 bridgehead atoms. The third-order valence-corrected chi connectivity index (χ3v) is 3.67. The Kier molecular flexibility index (Phi) is 3.66. The van der Waals surface area contributed by atoms with E-state index in [1.165, 1.54) is 0 Å². The summed E-state index contributed by atoms with van der Waals surface area (Å²) < 4.78 is 38.1. The molecule has 1 aliphatic carbocycles. The minimum atomic E-state index is -4.42. The number of hydrogen-bond donors (Lipinski definition) is 2. The lowest BCUT2D eigenvalue weighted by molar-refractivity contribution is -0.163. The lowest BCUT2D eigenvalue weighted by atomic mass is 10.2. The van der Waals surface area contributed by atoms with Crippen LogP contribution < -0.4 is 10.6 Å². The summed E-state index contributed by atoms with van der Waals surface area (Å²) >= 11 is 0.947. The van der Waals surface area contributed by atoms with Gasteiger partial charge in [0, 0.05) is 6.54 Å². The first-order valence-corrected chi connectivity index (χ1v) is 6.66. The summed E-state index contributed by atoms with van der Waals surface area (Å²) in [7, 11) is 0. The van der Waals surface area contributed by atoms with E-state index in [1.54, 1.807) is 0 Å². The van der Waals surface area contributed by atoms with Gasteiger partial charge >= 0.3 is 6.18 Å². The van der Waals surface area contributed by atoms with Crippen molar-refractivity contribution in [3.05, 3.63) is 5.01 Å². The Morgan fingerprint density at radius 2 is 2.11 bits per heavy atom. The predicted octanol–water partition coefficient (Wildman–Crippen LogP) is 2.18. The Labute approximate surface area is 111 Å². The molecule has 1 aromatic rings. The van der Waals surface area contributed by atoms with E-state index in [4.69, 9.17) is 0 Å². The highest BCUT2D eigenvalue weighted by atomic mass is 32.1. The summed E-state index contributed by atoms with van der Waals surface area (Å²) in [6, 6.07) is 0. The topological polar surface area (TPSA) is 66.9 Å². The molecule has 1 saturated carbocycles. The number of carbonyl (C=O) groups is 1. The standard InChI is InChI=1S/C10H13F3N4OS/c1-2-5-14-8-17-16-7(19-8)6(18)15-9(3-4-9)10(11,12)13/h2-5H2,1H3,(H,14,17)(H,15,18). The fraction of sp³-hybridized carbons (Fsp3) is 0.700. The highest BCUT2D eigenvalue weighted by Gasteiger charge is 2.64. The molecule has 2 rings (SSSR count). The number of nitrogens with one attached hydrogen (secondary N) is 2. The van der Waals surface area contributed by atoms with Gasteiger partial charge in [-0.2, -0.15) is 13.2 Å². The van der Waals surface area contributed by atoms with Gasteiger partial charge in [0.2, 0.25) is 10.1 Å². The van der Waals surface area contributed by atoms with E-state index in [2.05, 4.69) is 15.5 Å². The summed E-state index contributed by atoms with van der Waals surface area (Å²) in [6.45, 7) is 2.63. The third kappa shape index (κ3) is 2.96. The van der Waals surface area contributed by atoms with Gasteiger partial charge in [0.1, 0.15) is 5.54 Å². The highest BCUT2D eigenvalue weighted by Crippen LogP contribution is 2.49. The van der Waals surface area contributed by atoms with Crippen molar-refractivity contribution in [1.82, 2.24) is 15.5 Å². The van der Waals surface area contributed by atoms with Crippen LogP contribution in [0.3, 0.4) is 0 Å². The molecule has 2 N–H and O–H groups in total. The zero-order chi connectivity index (χ0) is 14.1. The molecule has 1 fully saturated rings. The zero-order valence-corrected chi connectivity index (χ0v) is 11.0. The van der Waals surface area contributed by atoms with E-state index >= 15 is 0 Å². The number of aromatic nitrogens is 2. The fourth-order valence-electron chi connectivity index (χ4n) is 1.49. The second-order valence-electron chi connectivity index (χ2n) is 4.37. The molecule has 1 amide bonds. The number of anilines is 1. The number of halogens is 3. The summed E-state index contributed by atoms with van der Waals surface area (Å²) in [5, 5.41) is 12.6. The van der Waals surface area contributed by atoms with Crippen molar-refractivity contribution in [3.8, 4) is 0 Å². The predicted molar refractivity (Wildman–Crippen MR) is 64.2 cm³/mol. The van der Waals surface area contributed by atoms with Crippen LogP contribution in [-0.2, 0) is 0 Å². The van der Waals surface area contributed by atoms with E-state index < -0.39 is 17.6 Å². The summed E-state index contributed by atoms with van der Waals surface area (Å²) in [6.07, 6.45) is -3.71. The van der Waals surface area contributed by atoms with E-state index in [-0.39, 0.29) is 17.8 Å². The smallest absolute Gasteiger partial charge is 0.360 e. The number of carbonyl (C=O) groups excluding carboxylic acids is 1. The van der Waals surface area contributed by atoms with Gasteiger partial charge in [-0.25, -0.2) is 0 Å². The Balaban J connectivity index is 1.99. The van der Waals surface area contributed by atoms with E-state index in [9.17, 15) is 18.0 Å². The first-order chi connectivity index (χ1) is 8.88. The van der Waals surface area contributed by atoms with Crippen molar-refractivity contribution in [3.63, 3.8) is 0 Å². The van der Waals surface area contributed by atoms with Gasteiger partial charge in [0.25, 0.3) is 5.91 Å². The Morgan fingerprint density at radius 1 is 1.42 bits per heavy atom. The minimum Gasteiger partial charge on any atom is -0.360 e. The Bertz CT molecular complexity index is 470. The normalized spacial score (nSPS) is 17.1. The lowest BCUT2D eigenvalue weighted by Gasteiger charge is -2.19. The molecule has 0 unspecified atom stereocenters. The molecule has 106 valence electrons. The molecule has 0 radical (unpaired) electrons. The molecule has 19 heavy (non-hydrogen) atoms. The molecule has 1 aromatic heterocycles. The molecule has 1 heterocycles. The maximum atomic E-state index is 12.7. The minimum absolute atomic E-state index is 0.0610. The monoisotopic (exact) mass is 294 g/mol. The highest BCUT2D eigenvalue weighted by molar-refractivity contribution is 7.17. The van der Waals surface area contributed by atoms with Crippen molar-refractivity contribution < 1.29 is 18.0 Å². The van der Waals surface area contributed by atoms with Gasteiger partial charge < -0.3 is 10.6 Å². The average molecular weight is 294 g/mol. The van der Waals surface area contributed by atoms with Gasteiger partial charge in [0.05, 0.1) is 0 Å². The Hall–Kier alpha value is -1.38. The molecule has 9 heteroatoms. The third-order valence-electron chi connectivity index (χ3n) is 2.79. The van der Waals surface area contributed by atoms with Crippen LogP contribution >= 0.6 is 11.3 Å². The molecule has 0 aromatic carbocycles. The second kappa shape index (κ2) is 4.95. The van der Waals surface area contributed by atoms with Crippen molar-refractivity contribution in [2.45, 2.75) is 37.9 Å². The van der Waals surface area contributed by atoms with Gasteiger partial charge in [-0.05, 0) is 19.3 Å². The van der Waals surface area contributed by atoms with Crippen LogP contribution in [0.15, 0.2) is 0 Å². The number of hydrogen-bond acceptors (Lipinski definition) is 5. The number of amides is 1. The van der Waals surface area contributed by atoms with Crippen LogP contribution in [0.4, 0.5) is 18.3 Å². The second-order valence-corrected chi connectivity index (χ2v) is 5.35. The van der Waals surface area contributed by atoms with Gasteiger partial charge in [-0.3, -0.25) is 4.79 Å². The van der Waals surface area contributed by atoms with E-state index in [1.807, 2.05) is 12.2 Å². The number of alkyl halides is 3. The molecule has 0 atom stereocenters. The number of nitrogens with zero attached hydrogens (tertiary/aromatic N) is 2. The Morgan fingerprint density at radius 3 is 2.63 bits per heavy atom. The maximum Gasteiger partial charge on any atom is 0.411 e. The van der Waals surface area contributed by atoms with Crippen LogP contribution in [0.25, 0.3) is 0 Å². The van der Waals surface area contributed by atoms with Gasteiger partial charge in [0.15, 0.2) is 0 Å². The largest absolute Gasteiger partial charge is 0.411 e. The number of rotatable bonds is 5. The van der Waals surface area contributed by atoms with Gasteiger partial charge in [-0.1, -0.05) is 18.3 Å². The quantitative estimate of drug-likeness (QED) is 0.873. The van der Waals surface area contributed by atoms with Crippen molar-refractivity contribution in [2.75, 3.05) is 11.9 Å². The molecular formula is C10H13F3N4OS. The molecule has 0 saturated heterocycles. The molecule has 5 nitrogen and oxygen atoms in total. The molecule has 1 aliphatic rings. The zero-order valence-electron chi connectivity index (χ0n) is 10.2. The first-order valence-electron chi connectivity index (χ1n) is 5.84. The fourth-order valence-corrected chi connectivity index (χ4v) is 2.16. The summed E-state index contributed by atoms with van der Waals surface area (Å²) in [4.78, 5) is 11.7.